The highest BCUT2D eigenvalue weighted by Crippen LogP contribution is 2.10. The number of rotatable bonds is 6. The summed E-state index contributed by atoms with van der Waals surface area (Å²) in [6, 6.07) is 15.5. The van der Waals surface area contributed by atoms with Crippen molar-refractivity contribution in [3.05, 3.63) is 70.2 Å². The Morgan fingerprint density at radius 2 is 1.71 bits per heavy atom. The third-order valence-electron chi connectivity index (χ3n) is 3.41. The van der Waals surface area contributed by atoms with Crippen molar-refractivity contribution < 1.29 is 5.11 Å². The van der Waals surface area contributed by atoms with Gasteiger partial charge in [-0.25, -0.2) is 4.99 Å². The summed E-state index contributed by atoms with van der Waals surface area (Å²) in [5.74, 6) is 0.746. The van der Waals surface area contributed by atoms with Crippen molar-refractivity contribution in [1.82, 2.24) is 10.6 Å². The summed E-state index contributed by atoms with van der Waals surface area (Å²) in [5, 5.41) is 16.6. The van der Waals surface area contributed by atoms with Crippen molar-refractivity contribution in [3.8, 4) is 0 Å². The molecule has 0 atom stereocenters. The van der Waals surface area contributed by atoms with Crippen LogP contribution < -0.4 is 10.6 Å². The molecule has 2 rings (SSSR count). The number of halogens is 2. The summed E-state index contributed by atoms with van der Waals surface area (Å²) in [7, 11) is 0. The average Bonchev–Trinajstić information content (AvgIpc) is 2.59. The molecule has 4 nitrogen and oxygen atoms in total. The number of aliphatic hydroxyl groups excluding tert-OH is 1. The lowest BCUT2D eigenvalue weighted by atomic mass is 10.1. The van der Waals surface area contributed by atoms with Gasteiger partial charge < -0.3 is 15.7 Å². The number of guanidine groups is 1. The van der Waals surface area contributed by atoms with Crippen LogP contribution in [0, 0.1) is 0 Å². The van der Waals surface area contributed by atoms with Crippen molar-refractivity contribution >= 4 is 41.5 Å². The molecule has 0 bridgehead atoms. The third-order valence-corrected chi connectivity index (χ3v) is 3.66. The van der Waals surface area contributed by atoms with Gasteiger partial charge >= 0.3 is 0 Å². The van der Waals surface area contributed by atoms with Gasteiger partial charge in [-0.1, -0.05) is 48.0 Å². The van der Waals surface area contributed by atoms with Gasteiger partial charge in [0.05, 0.1) is 13.2 Å². The van der Waals surface area contributed by atoms with Gasteiger partial charge in [-0.05, 0) is 35.7 Å². The zero-order chi connectivity index (χ0) is 16.5. The van der Waals surface area contributed by atoms with E-state index in [9.17, 15) is 5.11 Å². The van der Waals surface area contributed by atoms with E-state index in [2.05, 4.69) is 15.6 Å². The number of hydrogen-bond donors (Lipinski definition) is 3. The van der Waals surface area contributed by atoms with Gasteiger partial charge in [-0.15, -0.1) is 24.0 Å². The van der Waals surface area contributed by atoms with E-state index >= 15 is 0 Å². The fourth-order valence-electron chi connectivity index (χ4n) is 2.17. The van der Waals surface area contributed by atoms with Gasteiger partial charge in [-0.3, -0.25) is 0 Å². The standard InChI is InChI=1S/C18H22ClN3O.HI/c1-2-20-18(21-11-14-7-9-17(19)10-8-14)22-12-15-5-3-4-6-16(15)13-23;/h3-10,23H,2,11-13H2,1H3,(H2,20,21,22);1H. The van der Waals surface area contributed by atoms with Crippen LogP contribution in [0.3, 0.4) is 0 Å². The number of aliphatic hydroxyl groups is 1. The van der Waals surface area contributed by atoms with Crippen molar-refractivity contribution in [2.24, 2.45) is 4.99 Å². The molecule has 3 N–H and O–H groups in total. The van der Waals surface area contributed by atoms with Crippen molar-refractivity contribution in [1.29, 1.82) is 0 Å². The van der Waals surface area contributed by atoms with Crippen molar-refractivity contribution in [2.75, 3.05) is 6.54 Å². The first-order valence-corrected chi connectivity index (χ1v) is 8.05. The Kier molecular flexibility index (Phi) is 9.75. The summed E-state index contributed by atoms with van der Waals surface area (Å²) in [4.78, 5) is 4.57. The molecule has 0 aliphatic carbocycles. The van der Waals surface area contributed by atoms with Crippen molar-refractivity contribution in [2.45, 2.75) is 26.6 Å². The molecule has 0 aliphatic rings. The molecule has 0 saturated carbocycles. The molecule has 0 heterocycles. The van der Waals surface area contributed by atoms with Crippen LogP contribution in [0.4, 0.5) is 0 Å². The lowest BCUT2D eigenvalue weighted by Crippen LogP contribution is -2.37. The summed E-state index contributed by atoms with van der Waals surface area (Å²) in [5.41, 5.74) is 3.09. The van der Waals surface area contributed by atoms with E-state index in [1.54, 1.807) is 0 Å². The van der Waals surface area contributed by atoms with Gasteiger partial charge in [0, 0.05) is 18.1 Å². The van der Waals surface area contributed by atoms with Crippen LogP contribution in [0.25, 0.3) is 0 Å². The largest absolute Gasteiger partial charge is 0.392 e. The van der Waals surface area contributed by atoms with E-state index in [1.807, 2.05) is 55.5 Å². The lowest BCUT2D eigenvalue weighted by molar-refractivity contribution is 0.280. The number of nitrogens with one attached hydrogen (secondary N) is 2. The number of nitrogens with zero attached hydrogens (tertiary/aromatic N) is 1. The third kappa shape index (κ3) is 6.67. The quantitative estimate of drug-likeness (QED) is 0.351. The average molecular weight is 460 g/mol. The lowest BCUT2D eigenvalue weighted by Gasteiger charge is -2.13. The molecule has 0 radical (unpaired) electrons. The molecule has 2 aromatic rings. The highest BCUT2D eigenvalue weighted by atomic mass is 127. The first-order chi connectivity index (χ1) is 11.2. The predicted molar refractivity (Wildman–Crippen MR) is 111 cm³/mol. The molecule has 0 fully saturated rings. The molecule has 0 spiro atoms. The predicted octanol–water partition coefficient (Wildman–Crippen LogP) is 3.71. The number of aliphatic imine (C=N–C) groups is 1. The molecule has 0 aromatic heterocycles. The number of hydrogen-bond acceptors (Lipinski definition) is 2. The molecular weight excluding hydrogens is 437 g/mol. The summed E-state index contributed by atoms with van der Waals surface area (Å²) >= 11 is 5.89. The van der Waals surface area contributed by atoms with E-state index in [-0.39, 0.29) is 30.6 Å². The zero-order valence-electron chi connectivity index (χ0n) is 13.6. The molecule has 0 aliphatic heterocycles. The Morgan fingerprint density at radius 1 is 1.04 bits per heavy atom. The Bertz CT molecular complexity index is 647. The first kappa shape index (κ1) is 20.7. The second kappa shape index (κ2) is 11.3. The summed E-state index contributed by atoms with van der Waals surface area (Å²) in [6.45, 7) is 4.04. The topological polar surface area (TPSA) is 56.7 Å². The van der Waals surface area contributed by atoms with Crippen LogP contribution in [0.5, 0.6) is 0 Å². The summed E-state index contributed by atoms with van der Waals surface area (Å²) in [6.07, 6.45) is 0. The maximum Gasteiger partial charge on any atom is 0.191 e. The molecular formula is C18H23ClIN3O. The normalized spacial score (nSPS) is 10.9. The van der Waals surface area contributed by atoms with Crippen LogP contribution in [0.15, 0.2) is 53.5 Å². The Hall–Kier alpha value is -1.31. The fraction of sp³-hybridized carbons (Fsp3) is 0.278. The number of benzene rings is 2. The van der Waals surface area contributed by atoms with E-state index in [1.165, 1.54) is 0 Å². The molecule has 0 saturated heterocycles. The minimum Gasteiger partial charge on any atom is -0.392 e. The van der Waals surface area contributed by atoms with Gasteiger partial charge in [0.2, 0.25) is 0 Å². The van der Waals surface area contributed by atoms with Gasteiger partial charge in [0.1, 0.15) is 0 Å². The van der Waals surface area contributed by atoms with Crippen LogP contribution in [0.1, 0.15) is 23.6 Å². The second-order valence-electron chi connectivity index (χ2n) is 5.10. The zero-order valence-corrected chi connectivity index (χ0v) is 16.7. The van der Waals surface area contributed by atoms with Crippen LogP contribution >= 0.6 is 35.6 Å². The van der Waals surface area contributed by atoms with E-state index in [4.69, 9.17) is 11.6 Å². The highest BCUT2D eigenvalue weighted by Gasteiger charge is 2.02. The first-order valence-electron chi connectivity index (χ1n) is 7.67. The van der Waals surface area contributed by atoms with E-state index in [0.717, 1.165) is 34.2 Å². The molecule has 0 unspecified atom stereocenters. The molecule has 130 valence electrons. The van der Waals surface area contributed by atoms with E-state index in [0.29, 0.717) is 13.1 Å². The van der Waals surface area contributed by atoms with Gasteiger partial charge in [0.25, 0.3) is 0 Å². The van der Waals surface area contributed by atoms with E-state index < -0.39 is 0 Å². The maximum atomic E-state index is 9.38. The highest BCUT2D eigenvalue weighted by molar-refractivity contribution is 14.0. The smallest absolute Gasteiger partial charge is 0.191 e. The monoisotopic (exact) mass is 459 g/mol. The van der Waals surface area contributed by atoms with Crippen LogP contribution in [-0.4, -0.2) is 17.6 Å². The maximum absolute atomic E-state index is 9.38. The minimum absolute atomic E-state index is 0. The van der Waals surface area contributed by atoms with Crippen LogP contribution in [-0.2, 0) is 19.7 Å². The summed E-state index contributed by atoms with van der Waals surface area (Å²) < 4.78 is 0. The van der Waals surface area contributed by atoms with Gasteiger partial charge in [0.15, 0.2) is 5.96 Å². The minimum atomic E-state index is 0. The molecule has 0 amide bonds. The molecule has 24 heavy (non-hydrogen) atoms. The second-order valence-corrected chi connectivity index (χ2v) is 5.54. The fourth-order valence-corrected chi connectivity index (χ4v) is 2.29. The molecule has 2 aromatic carbocycles. The Balaban J connectivity index is 0.00000288. The SMILES string of the molecule is CCNC(=NCc1ccc(Cl)cc1)NCc1ccccc1CO.I. The van der Waals surface area contributed by atoms with Crippen LogP contribution in [0.2, 0.25) is 5.02 Å². The van der Waals surface area contributed by atoms with Gasteiger partial charge in [-0.2, -0.15) is 0 Å². The Morgan fingerprint density at radius 3 is 2.33 bits per heavy atom. The van der Waals surface area contributed by atoms with Crippen molar-refractivity contribution in [3.63, 3.8) is 0 Å². The molecule has 6 heteroatoms. The Labute approximate surface area is 165 Å².